The van der Waals surface area contributed by atoms with Gasteiger partial charge in [-0.05, 0) is 24.8 Å². The van der Waals surface area contributed by atoms with Crippen LogP contribution in [0.3, 0.4) is 0 Å². The van der Waals surface area contributed by atoms with E-state index in [1.807, 2.05) is 11.3 Å². The number of nitrogens with one attached hydrogen (secondary N) is 1. The fraction of sp³-hybridized carbons (Fsp3) is 0.632. The van der Waals surface area contributed by atoms with Crippen molar-refractivity contribution in [3.63, 3.8) is 0 Å². The number of nitrogens with zero attached hydrogens (tertiary/aromatic N) is 3. The lowest BCUT2D eigenvalue weighted by molar-refractivity contribution is 0.259. The quantitative estimate of drug-likeness (QED) is 0.307. The zero-order valence-electron chi connectivity index (χ0n) is 15.6. The molecule has 0 aliphatic carbocycles. The molecule has 0 saturated carbocycles. The van der Waals surface area contributed by atoms with Crippen LogP contribution in [0.4, 0.5) is 0 Å². The molecule has 1 N–H and O–H groups in total. The Morgan fingerprint density at radius 1 is 1.36 bits per heavy atom. The molecule has 3 heterocycles. The third-order valence-electron chi connectivity index (χ3n) is 4.97. The Hall–Kier alpha value is -0.600. The van der Waals surface area contributed by atoms with Crippen molar-refractivity contribution in [3.8, 4) is 0 Å². The van der Waals surface area contributed by atoms with Crippen LogP contribution >= 0.6 is 35.3 Å². The van der Waals surface area contributed by atoms with Gasteiger partial charge in [0.05, 0.1) is 6.54 Å². The highest BCUT2D eigenvalue weighted by atomic mass is 127. The summed E-state index contributed by atoms with van der Waals surface area (Å²) in [6, 6.07) is 5.01. The predicted molar refractivity (Wildman–Crippen MR) is 119 cm³/mol. The van der Waals surface area contributed by atoms with Gasteiger partial charge < -0.3 is 10.2 Å². The molecule has 2 aliphatic heterocycles. The van der Waals surface area contributed by atoms with E-state index in [9.17, 15) is 0 Å². The van der Waals surface area contributed by atoms with E-state index in [0.717, 1.165) is 45.2 Å². The second-order valence-electron chi connectivity index (χ2n) is 7.35. The first-order valence-electron chi connectivity index (χ1n) is 9.06. The maximum absolute atomic E-state index is 4.99. The normalized spacial score (nSPS) is 21.6. The van der Waals surface area contributed by atoms with E-state index in [1.165, 1.54) is 11.3 Å². The summed E-state index contributed by atoms with van der Waals surface area (Å²) in [6.07, 6.45) is 5.80. The molecular weight excluding hydrogens is 443 g/mol. The maximum atomic E-state index is 4.99. The lowest BCUT2D eigenvalue weighted by atomic mass is 9.92. The molecule has 3 rings (SSSR count). The van der Waals surface area contributed by atoms with Crippen molar-refractivity contribution >= 4 is 41.3 Å². The molecule has 1 aromatic rings. The maximum Gasteiger partial charge on any atom is 0.193 e. The van der Waals surface area contributed by atoms with Gasteiger partial charge in [-0.25, -0.2) is 0 Å². The number of thiophene rings is 1. The van der Waals surface area contributed by atoms with Crippen molar-refractivity contribution < 1.29 is 0 Å². The van der Waals surface area contributed by atoms with Crippen LogP contribution in [0.5, 0.6) is 0 Å². The first-order chi connectivity index (χ1) is 11.6. The number of halogens is 1. The monoisotopic (exact) mass is 474 g/mol. The molecule has 4 nitrogen and oxygen atoms in total. The zero-order chi connectivity index (χ0) is 17.0. The smallest absolute Gasteiger partial charge is 0.193 e. The minimum atomic E-state index is 0. The molecule has 0 bridgehead atoms. The minimum Gasteiger partial charge on any atom is -0.357 e. The number of aliphatic imine (C=N–C) groups is 1. The van der Waals surface area contributed by atoms with Gasteiger partial charge in [-0.15, -0.1) is 35.3 Å². The summed E-state index contributed by atoms with van der Waals surface area (Å²) in [5.41, 5.74) is 0.0901. The van der Waals surface area contributed by atoms with Crippen molar-refractivity contribution in [2.45, 2.75) is 38.6 Å². The highest BCUT2D eigenvalue weighted by Crippen LogP contribution is 2.28. The van der Waals surface area contributed by atoms with Gasteiger partial charge in [0.15, 0.2) is 5.96 Å². The van der Waals surface area contributed by atoms with Crippen molar-refractivity contribution in [1.82, 2.24) is 15.1 Å². The van der Waals surface area contributed by atoms with Gasteiger partial charge in [0.2, 0.25) is 0 Å². The summed E-state index contributed by atoms with van der Waals surface area (Å²) in [5.74, 6) is 1.08. The summed E-state index contributed by atoms with van der Waals surface area (Å²) in [7, 11) is 0. The lowest BCUT2D eigenvalue weighted by Crippen LogP contribution is -2.43. The topological polar surface area (TPSA) is 30.9 Å². The Labute approximate surface area is 173 Å². The molecule has 0 aromatic carbocycles. The molecule has 0 amide bonds. The average Bonchev–Trinajstić information content (AvgIpc) is 3.33. The van der Waals surface area contributed by atoms with Gasteiger partial charge in [-0.3, -0.25) is 9.89 Å². The van der Waals surface area contributed by atoms with Crippen molar-refractivity contribution in [1.29, 1.82) is 0 Å². The van der Waals surface area contributed by atoms with E-state index < -0.39 is 0 Å². The number of hydrogen-bond donors (Lipinski definition) is 1. The zero-order valence-corrected chi connectivity index (χ0v) is 18.7. The first-order valence-corrected chi connectivity index (χ1v) is 9.94. The van der Waals surface area contributed by atoms with Crippen LogP contribution < -0.4 is 5.32 Å². The van der Waals surface area contributed by atoms with Crippen LogP contribution in [0.25, 0.3) is 0 Å². The molecule has 1 saturated heterocycles. The standard InChI is InChI=1S/C19H30N4S.HI/c1-4-20-18(21-15-19(2,3)17-8-7-13-24-17)23-12-9-16(14-23)22-10-5-6-11-22;/h5-8,13,16H,4,9-12,14-15H2,1-3H3,(H,20,21);1H. The van der Waals surface area contributed by atoms with Gasteiger partial charge >= 0.3 is 0 Å². The third kappa shape index (κ3) is 5.20. The second kappa shape index (κ2) is 9.37. The van der Waals surface area contributed by atoms with Crippen molar-refractivity contribution in [2.75, 3.05) is 39.3 Å². The highest BCUT2D eigenvalue weighted by Gasteiger charge is 2.30. The fourth-order valence-corrected chi connectivity index (χ4v) is 4.31. The molecule has 140 valence electrons. The lowest BCUT2D eigenvalue weighted by Gasteiger charge is -2.27. The number of hydrogen-bond acceptors (Lipinski definition) is 3. The van der Waals surface area contributed by atoms with E-state index in [4.69, 9.17) is 4.99 Å². The van der Waals surface area contributed by atoms with E-state index >= 15 is 0 Å². The highest BCUT2D eigenvalue weighted by molar-refractivity contribution is 14.0. The van der Waals surface area contributed by atoms with Gasteiger partial charge in [0.25, 0.3) is 0 Å². The number of guanidine groups is 1. The Morgan fingerprint density at radius 3 is 2.76 bits per heavy atom. The molecule has 0 spiro atoms. The van der Waals surface area contributed by atoms with Crippen LogP contribution in [-0.2, 0) is 5.41 Å². The summed E-state index contributed by atoms with van der Waals surface area (Å²) in [6.45, 7) is 12.9. The predicted octanol–water partition coefficient (Wildman–Crippen LogP) is 3.56. The number of likely N-dealkylation sites (tertiary alicyclic amines) is 1. The molecule has 2 aliphatic rings. The summed E-state index contributed by atoms with van der Waals surface area (Å²) in [4.78, 5) is 11.4. The molecule has 25 heavy (non-hydrogen) atoms. The molecule has 1 atom stereocenters. The van der Waals surface area contributed by atoms with Gasteiger partial charge in [-0.1, -0.05) is 32.1 Å². The molecule has 1 aromatic heterocycles. The van der Waals surface area contributed by atoms with Gasteiger partial charge in [-0.2, -0.15) is 0 Å². The number of rotatable bonds is 5. The second-order valence-corrected chi connectivity index (χ2v) is 8.29. The largest absolute Gasteiger partial charge is 0.357 e. The van der Waals surface area contributed by atoms with Gasteiger partial charge in [0, 0.05) is 49.1 Å². The SMILES string of the molecule is CCNC(=NCC(C)(C)c1cccs1)N1CCC(N2CC=CC2)C1.I. The summed E-state index contributed by atoms with van der Waals surface area (Å²) >= 11 is 1.83. The van der Waals surface area contributed by atoms with Crippen LogP contribution in [0.1, 0.15) is 32.1 Å². The molecule has 0 radical (unpaired) electrons. The fourth-order valence-electron chi connectivity index (χ4n) is 3.46. The van der Waals surface area contributed by atoms with Crippen molar-refractivity contribution in [2.24, 2.45) is 4.99 Å². The van der Waals surface area contributed by atoms with Crippen LogP contribution in [0.2, 0.25) is 0 Å². The summed E-state index contributed by atoms with van der Waals surface area (Å²) < 4.78 is 0. The van der Waals surface area contributed by atoms with E-state index in [-0.39, 0.29) is 29.4 Å². The molecule has 1 fully saturated rings. The minimum absolute atomic E-state index is 0. The van der Waals surface area contributed by atoms with E-state index in [0.29, 0.717) is 6.04 Å². The average molecular weight is 474 g/mol. The van der Waals surface area contributed by atoms with E-state index in [2.05, 4.69) is 65.6 Å². The van der Waals surface area contributed by atoms with Crippen molar-refractivity contribution in [3.05, 3.63) is 34.5 Å². The Bertz CT molecular complexity index is 574. The van der Waals surface area contributed by atoms with Gasteiger partial charge in [0.1, 0.15) is 0 Å². The van der Waals surface area contributed by atoms with Crippen LogP contribution in [0, 0.1) is 0 Å². The Kier molecular flexibility index (Phi) is 7.76. The van der Waals surface area contributed by atoms with E-state index in [1.54, 1.807) is 0 Å². The molecular formula is C19H31IN4S. The third-order valence-corrected chi connectivity index (χ3v) is 6.21. The molecule has 6 heteroatoms. The summed E-state index contributed by atoms with van der Waals surface area (Å²) in [5, 5.41) is 5.65. The van der Waals surface area contributed by atoms with Crippen LogP contribution in [0.15, 0.2) is 34.7 Å². The Morgan fingerprint density at radius 2 is 2.12 bits per heavy atom. The van der Waals surface area contributed by atoms with Crippen LogP contribution in [-0.4, -0.2) is 61.1 Å². The first kappa shape index (κ1) is 20.7. The Balaban J connectivity index is 0.00000225. The molecule has 1 unspecified atom stereocenters.